The Bertz CT molecular complexity index is 1210. The third-order valence-electron chi connectivity index (χ3n) is 7.84. The van der Waals surface area contributed by atoms with Crippen LogP contribution < -0.4 is 10.1 Å². The molecule has 2 amide bonds. The van der Waals surface area contributed by atoms with Gasteiger partial charge in [0.2, 0.25) is 5.91 Å². The molecule has 0 atom stereocenters. The number of piperidine rings is 1. The summed E-state index contributed by atoms with van der Waals surface area (Å²) < 4.78 is 8.00. The Balaban J connectivity index is 1.26. The highest BCUT2D eigenvalue weighted by atomic mass is 16.5. The smallest absolute Gasteiger partial charge is 0.256 e. The number of amides is 2. The minimum atomic E-state index is -0.406. The lowest BCUT2D eigenvalue weighted by Crippen LogP contribution is -2.50. The predicted octanol–water partition coefficient (Wildman–Crippen LogP) is 4.71. The molecule has 6 heteroatoms. The average Bonchev–Trinajstić information content (AvgIpc) is 3.23. The molecule has 0 unspecified atom stereocenters. The van der Waals surface area contributed by atoms with Crippen molar-refractivity contribution in [1.29, 1.82) is 0 Å². The second-order valence-electron chi connectivity index (χ2n) is 10.0. The van der Waals surface area contributed by atoms with Gasteiger partial charge in [-0.25, -0.2) is 0 Å². The van der Waals surface area contributed by atoms with Crippen molar-refractivity contribution >= 4 is 22.7 Å². The van der Waals surface area contributed by atoms with E-state index >= 15 is 0 Å². The Morgan fingerprint density at radius 2 is 1.74 bits per heavy atom. The van der Waals surface area contributed by atoms with Crippen LogP contribution in [0.1, 0.15) is 54.4 Å². The number of nitrogens with zero attached hydrogens (tertiary/aromatic N) is 2. The van der Waals surface area contributed by atoms with Gasteiger partial charge in [-0.2, -0.15) is 0 Å². The van der Waals surface area contributed by atoms with Crippen LogP contribution >= 0.6 is 0 Å². The summed E-state index contributed by atoms with van der Waals surface area (Å²) in [7, 11) is 1.98. The highest BCUT2D eigenvalue weighted by molar-refractivity contribution is 6.07. The Hall–Kier alpha value is -3.28. The van der Waals surface area contributed by atoms with Crippen molar-refractivity contribution in [3.63, 3.8) is 0 Å². The number of para-hydroxylation sites is 2. The van der Waals surface area contributed by atoms with E-state index in [1.54, 1.807) is 0 Å². The molecule has 35 heavy (non-hydrogen) atoms. The van der Waals surface area contributed by atoms with Gasteiger partial charge in [-0.05, 0) is 49.8 Å². The van der Waals surface area contributed by atoms with Gasteiger partial charge in [0.05, 0.1) is 17.5 Å². The summed E-state index contributed by atoms with van der Waals surface area (Å²) in [6.07, 6.45) is 8.41. The maximum absolute atomic E-state index is 13.4. The highest BCUT2D eigenvalue weighted by Crippen LogP contribution is 2.38. The summed E-state index contributed by atoms with van der Waals surface area (Å²) >= 11 is 0. The van der Waals surface area contributed by atoms with Gasteiger partial charge in [0, 0.05) is 37.2 Å². The summed E-state index contributed by atoms with van der Waals surface area (Å²) in [5.74, 6) is 1.11. The number of carbonyl (C=O) groups is 2. The van der Waals surface area contributed by atoms with Gasteiger partial charge in [0.1, 0.15) is 12.4 Å². The number of carbonyl (C=O) groups excluding carboxylic acids is 2. The zero-order valence-electron chi connectivity index (χ0n) is 20.6. The van der Waals surface area contributed by atoms with E-state index in [-0.39, 0.29) is 11.8 Å². The van der Waals surface area contributed by atoms with Crippen LogP contribution in [-0.4, -0.2) is 47.5 Å². The minimum Gasteiger partial charge on any atom is -0.491 e. The third kappa shape index (κ3) is 4.79. The first-order valence-corrected chi connectivity index (χ1v) is 12.9. The molecule has 0 bridgehead atoms. The number of hydrogen-bond acceptors (Lipinski definition) is 3. The number of hydrogen-bond donors (Lipinski definition) is 1. The van der Waals surface area contributed by atoms with Gasteiger partial charge in [0.15, 0.2) is 0 Å². The molecule has 1 spiro atoms. The minimum absolute atomic E-state index is 0.0628. The van der Waals surface area contributed by atoms with E-state index in [0.717, 1.165) is 54.3 Å². The van der Waals surface area contributed by atoms with E-state index in [0.29, 0.717) is 39.1 Å². The standard InChI is InChI=1S/C29H35N3O3/c1-31-21-24(23-11-5-6-12-25(23)31)27(33)32-18-15-29(16-19-32)14-8-2-3-9-22-10-4-7-13-26(22)35-20-17-30-28(29)34/h4-7,10-13,21H,2-3,8-9,14-20H2,1H3,(H,30,34). The molecule has 1 fully saturated rings. The first-order valence-electron chi connectivity index (χ1n) is 12.9. The number of aromatic nitrogens is 1. The first-order chi connectivity index (χ1) is 17.1. The van der Waals surface area contributed by atoms with E-state index in [2.05, 4.69) is 17.4 Å². The van der Waals surface area contributed by atoms with Crippen LogP contribution in [0.15, 0.2) is 54.7 Å². The fourth-order valence-electron chi connectivity index (χ4n) is 5.73. The molecule has 184 valence electrons. The van der Waals surface area contributed by atoms with Gasteiger partial charge in [-0.3, -0.25) is 9.59 Å². The van der Waals surface area contributed by atoms with Crippen LogP contribution in [0.3, 0.4) is 0 Å². The van der Waals surface area contributed by atoms with Crippen molar-refractivity contribution in [3.05, 3.63) is 65.9 Å². The zero-order valence-corrected chi connectivity index (χ0v) is 20.6. The fourth-order valence-corrected chi connectivity index (χ4v) is 5.73. The topological polar surface area (TPSA) is 63.6 Å². The third-order valence-corrected chi connectivity index (χ3v) is 7.84. The molecule has 0 saturated carbocycles. The Kier molecular flexibility index (Phi) is 6.80. The Morgan fingerprint density at radius 1 is 0.971 bits per heavy atom. The maximum atomic E-state index is 13.4. The van der Waals surface area contributed by atoms with Crippen molar-refractivity contribution < 1.29 is 14.3 Å². The molecule has 2 aliphatic rings. The number of likely N-dealkylation sites (tertiary alicyclic amines) is 1. The summed E-state index contributed by atoms with van der Waals surface area (Å²) in [5, 5.41) is 4.13. The average molecular weight is 474 g/mol. The lowest BCUT2D eigenvalue weighted by atomic mass is 9.73. The van der Waals surface area contributed by atoms with Crippen LogP contribution in [0.5, 0.6) is 5.75 Å². The molecule has 3 heterocycles. The van der Waals surface area contributed by atoms with Gasteiger partial charge in [-0.1, -0.05) is 49.2 Å². The van der Waals surface area contributed by atoms with Gasteiger partial charge >= 0.3 is 0 Å². The van der Waals surface area contributed by atoms with Crippen molar-refractivity contribution in [2.45, 2.75) is 44.9 Å². The van der Waals surface area contributed by atoms with E-state index in [4.69, 9.17) is 4.74 Å². The van der Waals surface area contributed by atoms with Crippen LogP contribution in [0.4, 0.5) is 0 Å². The molecular formula is C29H35N3O3. The molecule has 1 aromatic heterocycles. The first kappa shape index (κ1) is 23.5. The van der Waals surface area contributed by atoms with Gasteiger partial charge < -0.3 is 19.5 Å². The maximum Gasteiger partial charge on any atom is 0.256 e. The molecule has 1 saturated heterocycles. The number of fused-ring (bicyclic) bond motifs is 2. The lowest BCUT2D eigenvalue weighted by Gasteiger charge is -2.41. The molecule has 0 aliphatic carbocycles. The summed E-state index contributed by atoms with van der Waals surface area (Å²) in [6, 6.07) is 16.2. The van der Waals surface area contributed by atoms with Crippen LogP contribution in [0.2, 0.25) is 0 Å². The van der Waals surface area contributed by atoms with E-state index < -0.39 is 5.41 Å². The second kappa shape index (κ2) is 10.1. The quantitative estimate of drug-likeness (QED) is 0.557. The highest BCUT2D eigenvalue weighted by Gasteiger charge is 2.42. The summed E-state index contributed by atoms with van der Waals surface area (Å²) in [6.45, 7) is 2.17. The van der Waals surface area contributed by atoms with Crippen molar-refractivity contribution in [2.75, 3.05) is 26.2 Å². The molecular weight excluding hydrogens is 438 g/mol. The molecule has 2 aromatic carbocycles. The van der Waals surface area contributed by atoms with E-state index in [1.165, 1.54) is 5.56 Å². The van der Waals surface area contributed by atoms with Crippen LogP contribution in [-0.2, 0) is 18.3 Å². The number of benzene rings is 2. The molecule has 0 radical (unpaired) electrons. The van der Waals surface area contributed by atoms with E-state index in [9.17, 15) is 9.59 Å². The predicted molar refractivity (Wildman–Crippen MR) is 138 cm³/mol. The molecule has 1 N–H and O–H groups in total. The molecule has 5 rings (SSSR count). The number of rotatable bonds is 1. The molecule has 3 aromatic rings. The monoisotopic (exact) mass is 473 g/mol. The van der Waals surface area contributed by atoms with Crippen LogP contribution in [0, 0.1) is 5.41 Å². The number of ether oxygens (including phenoxy) is 1. The van der Waals surface area contributed by atoms with Crippen molar-refractivity contribution in [3.8, 4) is 5.75 Å². The fraction of sp³-hybridized carbons (Fsp3) is 0.448. The number of aryl methyl sites for hydroxylation is 2. The SMILES string of the molecule is Cn1cc(C(=O)N2CCC3(CCCCCc4ccccc4OCCNC3=O)CC2)c2ccccc21. The van der Waals surface area contributed by atoms with Gasteiger partial charge in [0.25, 0.3) is 5.91 Å². The summed E-state index contributed by atoms with van der Waals surface area (Å²) in [4.78, 5) is 28.7. The second-order valence-corrected chi connectivity index (χ2v) is 10.0. The number of nitrogens with one attached hydrogen (secondary N) is 1. The Morgan fingerprint density at radius 3 is 2.60 bits per heavy atom. The molecule has 2 aliphatic heterocycles. The van der Waals surface area contributed by atoms with Crippen molar-refractivity contribution in [1.82, 2.24) is 14.8 Å². The molecule has 6 nitrogen and oxygen atoms in total. The van der Waals surface area contributed by atoms with E-state index in [1.807, 2.05) is 59.1 Å². The van der Waals surface area contributed by atoms with Gasteiger partial charge in [-0.15, -0.1) is 0 Å². The summed E-state index contributed by atoms with van der Waals surface area (Å²) in [5.41, 5.74) is 2.64. The Labute approximate surface area is 207 Å². The lowest BCUT2D eigenvalue weighted by molar-refractivity contribution is -0.134. The largest absolute Gasteiger partial charge is 0.491 e. The normalized spacial score (nSPS) is 19.1. The zero-order chi connectivity index (χ0) is 24.3. The van der Waals surface area contributed by atoms with Crippen molar-refractivity contribution in [2.24, 2.45) is 12.5 Å². The van der Waals surface area contributed by atoms with Crippen LogP contribution in [0.25, 0.3) is 10.9 Å².